The van der Waals surface area contributed by atoms with Gasteiger partial charge in [-0.1, -0.05) is 65.2 Å². The van der Waals surface area contributed by atoms with Gasteiger partial charge in [-0.15, -0.1) is 6.58 Å². The Morgan fingerprint density at radius 2 is 1.77 bits per heavy atom. The third-order valence-electron chi connectivity index (χ3n) is 5.24. The van der Waals surface area contributed by atoms with Crippen molar-refractivity contribution in [1.29, 1.82) is 0 Å². The second kappa shape index (κ2) is 8.89. The Morgan fingerprint density at radius 1 is 1.16 bits per heavy atom. The highest BCUT2D eigenvalue weighted by Gasteiger charge is 2.41. The van der Waals surface area contributed by atoms with Crippen LogP contribution in [0, 0.1) is 6.92 Å². The van der Waals surface area contributed by atoms with Crippen LogP contribution in [0.15, 0.2) is 49.1 Å². The zero-order valence-corrected chi connectivity index (χ0v) is 18.8. The summed E-state index contributed by atoms with van der Waals surface area (Å²) in [5.74, 6) is -2.16. The highest BCUT2D eigenvalue weighted by Crippen LogP contribution is 2.41. The van der Waals surface area contributed by atoms with Crippen molar-refractivity contribution in [2.45, 2.75) is 37.4 Å². The highest BCUT2D eigenvalue weighted by molar-refractivity contribution is 6.48. The van der Waals surface area contributed by atoms with Gasteiger partial charge in [0.25, 0.3) is 5.91 Å². The van der Waals surface area contributed by atoms with Crippen LogP contribution in [-0.4, -0.2) is 17.6 Å². The van der Waals surface area contributed by atoms with E-state index in [-0.39, 0.29) is 32.1 Å². The van der Waals surface area contributed by atoms with Crippen LogP contribution >= 0.6 is 34.8 Å². The number of carbonyl (C=O) groups excluding carboxylic acids is 1. The van der Waals surface area contributed by atoms with Gasteiger partial charge in [0.2, 0.25) is 0 Å². The molecule has 0 aromatic heterocycles. The van der Waals surface area contributed by atoms with E-state index in [1.165, 1.54) is 6.08 Å². The van der Waals surface area contributed by atoms with E-state index in [4.69, 9.17) is 34.8 Å². The zero-order chi connectivity index (χ0) is 23.0. The first kappa shape index (κ1) is 23.7. The fourth-order valence-electron chi connectivity index (χ4n) is 3.22. The average molecular weight is 489 g/mol. The first-order valence-electron chi connectivity index (χ1n) is 9.42. The van der Waals surface area contributed by atoms with E-state index >= 15 is 0 Å². The molecule has 8 heteroatoms. The molecule has 1 amide bonds. The van der Waals surface area contributed by atoms with Gasteiger partial charge < -0.3 is 5.32 Å². The molecule has 0 saturated heterocycles. The summed E-state index contributed by atoms with van der Waals surface area (Å²) in [5, 5.41) is 2.85. The van der Waals surface area contributed by atoms with Crippen LogP contribution in [0.25, 0.3) is 6.08 Å². The molecule has 1 fully saturated rings. The molecule has 0 heterocycles. The topological polar surface area (TPSA) is 29.1 Å². The highest BCUT2D eigenvalue weighted by atomic mass is 35.5. The maximum Gasteiger partial charge on any atom is 0.399 e. The maximum atomic E-state index is 13.7. The number of carbonyl (C=O) groups is 1. The van der Waals surface area contributed by atoms with E-state index in [1.54, 1.807) is 31.2 Å². The standard InChI is InChI=1S/C23H19Cl3F3NO/c1-3-22(8-9-22)30-21(31)16-6-4-14(10-13(16)2)5-7-17(23(27,28)29)15-11-18(24)20(26)19(25)12-15/h3-7,10-12,17H,1,8-9H2,2H3,(H,30,31)/b7-5+. The first-order chi connectivity index (χ1) is 14.5. The molecule has 31 heavy (non-hydrogen) atoms. The molecule has 2 nitrogen and oxygen atoms in total. The van der Waals surface area contributed by atoms with Crippen LogP contribution < -0.4 is 5.32 Å². The summed E-state index contributed by atoms with van der Waals surface area (Å²) in [6.07, 6.45) is 1.25. The lowest BCUT2D eigenvalue weighted by molar-refractivity contribution is -0.139. The fourth-order valence-corrected chi connectivity index (χ4v) is 3.84. The van der Waals surface area contributed by atoms with Crippen LogP contribution in [0.4, 0.5) is 13.2 Å². The van der Waals surface area contributed by atoms with Crippen LogP contribution in [0.1, 0.15) is 45.8 Å². The lowest BCUT2D eigenvalue weighted by Crippen LogP contribution is -2.35. The third-order valence-corrected chi connectivity index (χ3v) is 6.43. The van der Waals surface area contributed by atoms with Gasteiger partial charge in [0, 0.05) is 5.56 Å². The van der Waals surface area contributed by atoms with Gasteiger partial charge in [-0.05, 0) is 54.7 Å². The Morgan fingerprint density at radius 3 is 2.26 bits per heavy atom. The summed E-state index contributed by atoms with van der Waals surface area (Å²) in [6.45, 7) is 5.48. The largest absolute Gasteiger partial charge is 0.399 e. The second-order valence-electron chi connectivity index (χ2n) is 7.57. The van der Waals surface area contributed by atoms with Gasteiger partial charge in [0.15, 0.2) is 0 Å². The number of hydrogen-bond acceptors (Lipinski definition) is 1. The molecule has 1 saturated carbocycles. The molecule has 1 N–H and O–H groups in total. The summed E-state index contributed by atoms with van der Waals surface area (Å²) in [6, 6.07) is 7.17. The minimum Gasteiger partial charge on any atom is -0.343 e. The van der Waals surface area contributed by atoms with Gasteiger partial charge in [-0.25, -0.2) is 0 Å². The van der Waals surface area contributed by atoms with E-state index in [2.05, 4.69) is 11.9 Å². The van der Waals surface area contributed by atoms with Crippen molar-refractivity contribution in [3.8, 4) is 0 Å². The molecule has 0 spiro atoms. The quantitative estimate of drug-likeness (QED) is 0.327. The van der Waals surface area contributed by atoms with Crippen molar-refractivity contribution < 1.29 is 18.0 Å². The third kappa shape index (κ3) is 5.46. The molecule has 3 rings (SSSR count). The summed E-state index contributed by atoms with van der Waals surface area (Å²) in [5.41, 5.74) is 1.19. The molecule has 1 atom stereocenters. The smallest absolute Gasteiger partial charge is 0.343 e. The van der Waals surface area contributed by atoms with Crippen molar-refractivity contribution >= 4 is 46.8 Å². The normalized spacial score (nSPS) is 16.2. The number of allylic oxidation sites excluding steroid dienone is 1. The number of benzene rings is 2. The van der Waals surface area contributed by atoms with Gasteiger partial charge in [0.05, 0.1) is 26.5 Å². The molecule has 0 radical (unpaired) electrons. The lowest BCUT2D eigenvalue weighted by atomic mass is 9.96. The molecule has 2 aromatic rings. The Labute approximate surface area is 193 Å². The number of nitrogens with one attached hydrogen (secondary N) is 1. The van der Waals surface area contributed by atoms with Crippen LogP contribution in [0.2, 0.25) is 15.1 Å². The Balaban J connectivity index is 1.85. The van der Waals surface area contributed by atoms with E-state index in [0.29, 0.717) is 16.7 Å². The van der Waals surface area contributed by atoms with E-state index < -0.39 is 12.1 Å². The van der Waals surface area contributed by atoms with Crippen molar-refractivity contribution in [1.82, 2.24) is 5.32 Å². The predicted octanol–water partition coefficient (Wildman–Crippen LogP) is 7.76. The van der Waals surface area contributed by atoms with Gasteiger partial charge in [-0.3, -0.25) is 4.79 Å². The molecular formula is C23H19Cl3F3NO. The van der Waals surface area contributed by atoms with Crippen molar-refractivity contribution in [2.24, 2.45) is 0 Å². The minimum absolute atomic E-state index is 0.00547. The molecule has 1 aliphatic carbocycles. The predicted molar refractivity (Wildman–Crippen MR) is 120 cm³/mol. The van der Waals surface area contributed by atoms with Gasteiger partial charge in [-0.2, -0.15) is 13.2 Å². The van der Waals surface area contributed by atoms with Crippen molar-refractivity contribution in [2.75, 3.05) is 0 Å². The van der Waals surface area contributed by atoms with Crippen molar-refractivity contribution in [3.63, 3.8) is 0 Å². The number of halogens is 6. The molecule has 0 bridgehead atoms. The molecule has 164 valence electrons. The summed E-state index contributed by atoms with van der Waals surface area (Å²) >= 11 is 17.7. The van der Waals surface area contributed by atoms with Gasteiger partial charge >= 0.3 is 6.18 Å². The number of alkyl halides is 3. The van der Waals surface area contributed by atoms with Crippen LogP contribution in [-0.2, 0) is 0 Å². The fraction of sp³-hybridized carbons (Fsp3) is 0.261. The minimum atomic E-state index is -4.56. The lowest BCUT2D eigenvalue weighted by Gasteiger charge is -2.18. The van der Waals surface area contributed by atoms with Crippen molar-refractivity contribution in [3.05, 3.63) is 86.4 Å². The van der Waals surface area contributed by atoms with E-state index in [1.807, 2.05) is 0 Å². The molecule has 1 unspecified atom stereocenters. The Bertz CT molecular complexity index is 1040. The Hall–Kier alpha value is -1.95. The number of rotatable bonds is 6. The molecular weight excluding hydrogens is 470 g/mol. The van der Waals surface area contributed by atoms with E-state index in [9.17, 15) is 18.0 Å². The second-order valence-corrected chi connectivity index (χ2v) is 8.76. The molecule has 1 aliphatic rings. The SMILES string of the molecule is C=CC1(NC(=O)c2ccc(/C=C/C(c3cc(Cl)c(Cl)c(Cl)c3)C(F)(F)F)cc2C)CC1. The van der Waals surface area contributed by atoms with Gasteiger partial charge in [0.1, 0.15) is 0 Å². The molecule has 2 aromatic carbocycles. The average Bonchev–Trinajstić information content (AvgIpc) is 3.45. The van der Waals surface area contributed by atoms with Crippen LogP contribution in [0.5, 0.6) is 0 Å². The number of aryl methyl sites for hydroxylation is 1. The summed E-state index contributed by atoms with van der Waals surface area (Å²) in [7, 11) is 0. The Kier molecular flexibility index (Phi) is 6.80. The molecule has 0 aliphatic heterocycles. The monoisotopic (exact) mass is 487 g/mol. The summed E-state index contributed by atoms with van der Waals surface area (Å²) < 4.78 is 41.1. The summed E-state index contributed by atoms with van der Waals surface area (Å²) in [4.78, 5) is 12.5. The zero-order valence-electron chi connectivity index (χ0n) is 16.5. The maximum absolute atomic E-state index is 13.7. The van der Waals surface area contributed by atoms with E-state index in [0.717, 1.165) is 31.1 Å². The first-order valence-corrected chi connectivity index (χ1v) is 10.6. The number of hydrogen-bond donors (Lipinski definition) is 1. The van der Waals surface area contributed by atoms with Crippen LogP contribution in [0.3, 0.4) is 0 Å². The number of amides is 1.